The number of fused-ring (bicyclic) bond motifs is 1. The van der Waals surface area contributed by atoms with Gasteiger partial charge in [0.25, 0.3) is 5.91 Å². The van der Waals surface area contributed by atoms with Crippen molar-refractivity contribution in [1.82, 2.24) is 9.97 Å². The second-order valence-electron chi connectivity index (χ2n) is 9.57. The van der Waals surface area contributed by atoms with E-state index in [1.807, 2.05) is 37.3 Å². The predicted octanol–water partition coefficient (Wildman–Crippen LogP) is 5.95. The fourth-order valence-corrected chi connectivity index (χ4v) is 4.95. The number of nitrogens with zero attached hydrogens (tertiary/aromatic N) is 3. The minimum Gasteiger partial charge on any atom is -0.439 e. The molecule has 2 saturated carbocycles. The van der Waals surface area contributed by atoms with Gasteiger partial charge in [-0.25, -0.2) is 9.97 Å². The topological polar surface area (TPSA) is 117 Å². The normalized spacial score (nSPS) is 15.6. The lowest BCUT2D eigenvalue weighted by Gasteiger charge is -2.12. The average Bonchev–Trinajstić information content (AvgIpc) is 3.83. The summed E-state index contributed by atoms with van der Waals surface area (Å²) in [5.74, 6) is 0.809. The third-order valence-corrected chi connectivity index (χ3v) is 7.59. The van der Waals surface area contributed by atoms with E-state index in [1.54, 1.807) is 24.3 Å². The van der Waals surface area contributed by atoms with E-state index < -0.39 is 5.41 Å². The summed E-state index contributed by atoms with van der Waals surface area (Å²) in [7, 11) is 0. The monoisotopic (exact) mass is 509 g/mol. The van der Waals surface area contributed by atoms with Crippen LogP contribution in [0.4, 0.5) is 10.8 Å². The van der Waals surface area contributed by atoms with Gasteiger partial charge < -0.3 is 15.4 Å². The highest BCUT2D eigenvalue weighted by Crippen LogP contribution is 2.47. The van der Waals surface area contributed by atoms with Gasteiger partial charge in [-0.3, -0.25) is 9.59 Å². The van der Waals surface area contributed by atoms with Crippen molar-refractivity contribution in [1.29, 1.82) is 5.26 Å². The summed E-state index contributed by atoms with van der Waals surface area (Å²) < 4.78 is 6.06. The molecule has 2 fully saturated rings. The summed E-state index contributed by atoms with van der Waals surface area (Å²) in [4.78, 5) is 34.6. The van der Waals surface area contributed by atoms with E-state index in [-0.39, 0.29) is 17.7 Å². The number of hydrogen-bond acceptors (Lipinski definition) is 7. The Kier molecular flexibility index (Phi) is 5.61. The molecule has 8 nitrogen and oxygen atoms in total. The summed E-state index contributed by atoms with van der Waals surface area (Å²) in [5, 5.41) is 15.8. The number of carbonyl (C=O) groups is 2. The molecule has 0 unspecified atom stereocenters. The Morgan fingerprint density at radius 1 is 1.08 bits per heavy atom. The molecule has 0 aliphatic heterocycles. The standard InChI is InChI=1S/C28H23N5O3S/c1-16-5-8-20(30-25(35)18-3-2-4-19(13-18)28(15-29)11-12-28)14-22(16)36-23-10-9-21-26(32-23)37-27(31-21)33-24(34)17-6-7-17/h2-5,8-10,13-14,17H,6-7,11-12H2,1H3,(H,30,35)(H,31,33,34). The molecule has 2 amide bonds. The van der Waals surface area contributed by atoms with Crippen LogP contribution in [0.15, 0.2) is 54.6 Å². The summed E-state index contributed by atoms with van der Waals surface area (Å²) in [5.41, 5.74) is 3.10. The predicted molar refractivity (Wildman–Crippen MR) is 141 cm³/mol. The molecule has 184 valence electrons. The zero-order valence-electron chi connectivity index (χ0n) is 20.1. The van der Waals surface area contributed by atoms with Crippen LogP contribution in [-0.2, 0) is 10.2 Å². The van der Waals surface area contributed by atoms with Crippen molar-refractivity contribution in [3.63, 3.8) is 0 Å². The van der Waals surface area contributed by atoms with Crippen molar-refractivity contribution in [3.05, 3.63) is 71.3 Å². The highest BCUT2D eigenvalue weighted by molar-refractivity contribution is 7.21. The molecule has 0 spiro atoms. The molecule has 2 aliphatic carbocycles. The first-order valence-electron chi connectivity index (χ1n) is 12.1. The van der Waals surface area contributed by atoms with Crippen molar-refractivity contribution >= 4 is 44.3 Å². The van der Waals surface area contributed by atoms with Gasteiger partial charge in [-0.15, -0.1) is 0 Å². The van der Waals surface area contributed by atoms with Gasteiger partial charge in [-0.05, 0) is 68.0 Å². The quantitative estimate of drug-likeness (QED) is 0.318. The maximum Gasteiger partial charge on any atom is 0.255 e. The summed E-state index contributed by atoms with van der Waals surface area (Å²) in [6, 6.07) is 18.6. The molecule has 6 rings (SSSR count). The molecular formula is C28H23N5O3S. The van der Waals surface area contributed by atoms with Crippen LogP contribution in [0.25, 0.3) is 10.3 Å². The van der Waals surface area contributed by atoms with E-state index in [0.29, 0.717) is 38.4 Å². The second-order valence-corrected chi connectivity index (χ2v) is 10.5. The molecule has 0 bridgehead atoms. The molecule has 9 heteroatoms. The number of benzene rings is 2. The van der Waals surface area contributed by atoms with Crippen molar-refractivity contribution in [2.75, 3.05) is 10.6 Å². The smallest absolute Gasteiger partial charge is 0.255 e. The van der Waals surface area contributed by atoms with Crippen LogP contribution in [0.2, 0.25) is 0 Å². The van der Waals surface area contributed by atoms with Gasteiger partial charge in [-0.2, -0.15) is 5.26 Å². The highest BCUT2D eigenvalue weighted by atomic mass is 32.1. The van der Waals surface area contributed by atoms with Gasteiger partial charge in [0.2, 0.25) is 11.8 Å². The molecule has 37 heavy (non-hydrogen) atoms. The number of amides is 2. The second kappa shape index (κ2) is 8.98. The van der Waals surface area contributed by atoms with E-state index in [0.717, 1.165) is 36.8 Å². The van der Waals surface area contributed by atoms with E-state index in [1.165, 1.54) is 11.3 Å². The van der Waals surface area contributed by atoms with Crippen LogP contribution in [0.1, 0.15) is 47.2 Å². The molecule has 0 saturated heterocycles. The number of thiazole rings is 1. The molecule has 2 aromatic carbocycles. The minimum atomic E-state index is -0.448. The summed E-state index contributed by atoms with van der Waals surface area (Å²) in [6.07, 6.45) is 3.51. The number of hydrogen-bond donors (Lipinski definition) is 2. The van der Waals surface area contributed by atoms with Crippen molar-refractivity contribution < 1.29 is 14.3 Å². The number of ether oxygens (including phenoxy) is 1. The van der Waals surface area contributed by atoms with Gasteiger partial charge in [0.15, 0.2) is 5.13 Å². The van der Waals surface area contributed by atoms with Gasteiger partial charge in [0.05, 0.1) is 11.5 Å². The third-order valence-electron chi connectivity index (χ3n) is 6.71. The van der Waals surface area contributed by atoms with Crippen LogP contribution in [0.3, 0.4) is 0 Å². The van der Waals surface area contributed by atoms with Gasteiger partial charge in [-0.1, -0.05) is 29.5 Å². The Morgan fingerprint density at radius 2 is 1.92 bits per heavy atom. The lowest BCUT2D eigenvalue weighted by atomic mass is 9.96. The zero-order chi connectivity index (χ0) is 25.6. The molecule has 2 N–H and O–H groups in total. The summed E-state index contributed by atoms with van der Waals surface area (Å²) in [6.45, 7) is 1.91. The van der Waals surface area contributed by atoms with Crippen molar-refractivity contribution in [2.45, 2.75) is 38.0 Å². The molecule has 0 atom stereocenters. The highest BCUT2D eigenvalue weighted by Gasteiger charge is 2.45. The molecular weight excluding hydrogens is 486 g/mol. The Labute approximate surface area is 217 Å². The zero-order valence-corrected chi connectivity index (χ0v) is 20.9. The maximum absolute atomic E-state index is 12.9. The minimum absolute atomic E-state index is 0.00820. The lowest BCUT2D eigenvalue weighted by Crippen LogP contribution is -2.13. The molecule has 0 radical (unpaired) electrons. The fraction of sp³-hybridized carbons (Fsp3) is 0.250. The number of aromatic nitrogens is 2. The van der Waals surface area contributed by atoms with Crippen LogP contribution in [0, 0.1) is 24.2 Å². The number of pyridine rings is 1. The maximum atomic E-state index is 12.9. The third kappa shape index (κ3) is 4.76. The van der Waals surface area contributed by atoms with E-state index in [9.17, 15) is 14.9 Å². The Hall–Kier alpha value is -4.29. The van der Waals surface area contributed by atoms with Gasteiger partial charge in [0, 0.05) is 29.3 Å². The number of anilines is 2. The first-order chi connectivity index (χ1) is 17.9. The number of aryl methyl sites for hydroxylation is 1. The number of nitrogens with one attached hydrogen (secondary N) is 2. The van der Waals surface area contributed by atoms with Gasteiger partial charge in [0.1, 0.15) is 16.1 Å². The van der Waals surface area contributed by atoms with E-state index >= 15 is 0 Å². The largest absolute Gasteiger partial charge is 0.439 e. The van der Waals surface area contributed by atoms with E-state index in [2.05, 4.69) is 26.7 Å². The number of nitriles is 1. The average molecular weight is 510 g/mol. The van der Waals surface area contributed by atoms with Crippen LogP contribution in [0.5, 0.6) is 11.6 Å². The first kappa shape index (κ1) is 23.1. The SMILES string of the molecule is Cc1ccc(NC(=O)c2cccc(C3(C#N)CC3)c2)cc1Oc1ccc2nc(NC(=O)C3CC3)sc2n1. The van der Waals surface area contributed by atoms with Crippen molar-refractivity contribution in [2.24, 2.45) is 5.92 Å². The molecule has 4 aromatic rings. The van der Waals surface area contributed by atoms with Gasteiger partial charge >= 0.3 is 0 Å². The fourth-order valence-electron chi connectivity index (χ4n) is 4.12. The van der Waals surface area contributed by atoms with Crippen LogP contribution < -0.4 is 15.4 Å². The molecule has 2 aliphatic rings. The van der Waals surface area contributed by atoms with Crippen LogP contribution in [-0.4, -0.2) is 21.8 Å². The molecule has 2 aromatic heterocycles. The Balaban J connectivity index is 1.18. The van der Waals surface area contributed by atoms with E-state index in [4.69, 9.17) is 4.74 Å². The van der Waals surface area contributed by atoms with Crippen molar-refractivity contribution in [3.8, 4) is 17.7 Å². The molecule has 2 heterocycles. The lowest BCUT2D eigenvalue weighted by molar-refractivity contribution is -0.117. The number of carbonyl (C=O) groups excluding carboxylic acids is 2. The Bertz CT molecular complexity index is 1600. The summed E-state index contributed by atoms with van der Waals surface area (Å²) >= 11 is 1.31. The van der Waals surface area contributed by atoms with Crippen LogP contribution >= 0.6 is 11.3 Å². The first-order valence-corrected chi connectivity index (χ1v) is 12.9. The number of rotatable bonds is 7. The Morgan fingerprint density at radius 3 is 2.68 bits per heavy atom.